The summed E-state index contributed by atoms with van der Waals surface area (Å²) in [5, 5.41) is 5.95. The van der Waals surface area contributed by atoms with Crippen LogP contribution in [0.2, 0.25) is 0 Å². The molecule has 0 bridgehead atoms. The lowest BCUT2D eigenvalue weighted by Gasteiger charge is -2.33. The third kappa shape index (κ3) is 4.27. The van der Waals surface area contributed by atoms with Gasteiger partial charge in [-0.3, -0.25) is 14.0 Å². The summed E-state index contributed by atoms with van der Waals surface area (Å²) in [4.78, 5) is 32.0. The second-order valence-electron chi connectivity index (χ2n) is 9.98. The smallest absolute Gasteiger partial charge is 0.410 e. The molecule has 1 saturated heterocycles. The number of likely N-dealkylation sites (tertiary alicyclic amines) is 1. The van der Waals surface area contributed by atoms with E-state index in [-0.39, 0.29) is 11.7 Å². The molecule has 8 heteroatoms. The molecular formula is C26H29N5O3. The van der Waals surface area contributed by atoms with Crippen LogP contribution >= 0.6 is 0 Å². The molecule has 176 valence electrons. The molecule has 34 heavy (non-hydrogen) atoms. The highest BCUT2D eigenvalue weighted by molar-refractivity contribution is 5.81. The molecule has 1 fully saturated rings. The minimum absolute atomic E-state index is 0.0977. The molecule has 8 nitrogen and oxygen atoms in total. The molecule has 0 saturated carbocycles. The third-order valence-electron chi connectivity index (χ3n) is 6.28. The molecule has 0 N–H and O–H groups in total. The van der Waals surface area contributed by atoms with Gasteiger partial charge >= 0.3 is 6.09 Å². The van der Waals surface area contributed by atoms with E-state index < -0.39 is 5.60 Å². The number of nitrogens with zero attached hydrogens (tertiary/aromatic N) is 5. The van der Waals surface area contributed by atoms with Crippen molar-refractivity contribution >= 4 is 27.9 Å². The van der Waals surface area contributed by atoms with Gasteiger partial charge in [-0.05, 0) is 75.4 Å². The fourth-order valence-corrected chi connectivity index (χ4v) is 4.58. The number of aryl methyl sites for hydroxylation is 1. The van der Waals surface area contributed by atoms with Gasteiger partial charge in [0.05, 0.1) is 22.1 Å². The first-order chi connectivity index (χ1) is 16.2. The van der Waals surface area contributed by atoms with Gasteiger partial charge in [0, 0.05) is 31.7 Å². The summed E-state index contributed by atoms with van der Waals surface area (Å²) in [5.74, 6) is 0.320. The summed E-state index contributed by atoms with van der Waals surface area (Å²) in [6.45, 7) is 6.95. The topological polar surface area (TPSA) is 82.3 Å². The van der Waals surface area contributed by atoms with E-state index in [0.29, 0.717) is 29.9 Å². The van der Waals surface area contributed by atoms with E-state index >= 15 is 0 Å². The lowest BCUT2D eigenvalue weighted by atomic mass is 9.89. The van der Waals surface area contributed by atoms with Crippen LogP contribution in [-0.4, -0.2) is 49.0 Å². The fourth-order valence-electron chi connectivity index (χ4n) is 4.58. The molecule has 0 unspecified atom stereocenters. The molecule has 0 radical (unpaired) electrons. The quantitative estimate of drug-likeness (QED) is 0.444. The van der Waals surface area contributed by atoms with Gasteiger partial charge in [-0.1, -0.05) is 6.07 Å². The monoisotopic (exact) mass is 459 g/mol. The number of ether oxygens (including phenoxy) is 1. The SMILES string of the molecule is Cn1cc2cc(-n3cnc4cc(C5CCN(C(=O)OC(C)(C)C)CC5)ccc4c3=O)ccc2n1. The zero-order valence-electron chi connectivity index (χ0n) is 20.0. The zero-order chi connectivity index (χ0) is 24.0. The molecule has 1 amide bonds. The molecule has 0 aliphatic carbocycles. The Bertz CT molecular complexity index is 1440. The van der Waals surface area contributed by atoms with Crippen molar-refractivity contribution in [2.45, 2.75) is 45.1 Å². The average Bonchev–Trinajstić information content (AvgIpc) is 3.17. The number of rotatable bonds is 2. The van der Waals surface area contributed by atoms with Gasteiger partial charge in [-0.25, -0.2) is 9.78 Å². The Morgan fingerprint density at radius 2 is 1.82 bits per heavy atom. The number of carbonyl (C=O) groups is 1. The Hall–Kier alpha value is -3.68. The minimum atomic E-state index is -0.491. The Labute approximate surface area is 197 Å². The van der Waals surface area contributed by atoms with Gasteiger partial charge < -0.3 is 9.64 Å². The Morgan fingerprint density at radius 3 is 2.56 bits per heavy atom. The number of benzene rings is 2. The minimum Gasteiger partial charge on any atom is -0.444 e. The van der Waals surface area contributed by atoms with Crippen LogP contribution in [0.5, 0.6) is 0 Å². The van der Waals surface area contributed by atoms with E-state index in [9.17, 15) is 9.59 Å². The van der Waals surface area contributed by atoms with Gasteiger partial charge in [0.1, 0.15) is 11.9 Å². The summed E-state index contributed by atoms with van der Waals surface area (Å²) in [6, 6.07) is 11.7. The Morgan fingerprint density at radius 1 is 1.06 bits per heavy atom. The van der Waals surface area contributed by atoms with Crippen molar-refractivity contribution in [3.8, 4) is 5.69 Å². The van der Waals surface area contributed by atoms with Gasteiger partial charge in [0.2, 0.25) is 0 Å². The van der Waals surface area contributed by atoms with Crippen LogP contribution in [0.25, 0.3) is 27.5 Å². The summed E-state index contributed by atoms with van der Waals surface area (Å²) >= 11 is 0. The molecule has 1 aliphatic rings. The van der Waals surface area contributed by atoms with Gasteiger partial charge in [-0.2, -0.15) is 5.10 Å². The van der Waals surface area contributed by atoms with Crippen LogP contribution in [0.3, 0.4) is 0 Å². The maximum absolute atomic E-state index is 13.2. The normalized spacial score (nSPS) is 15.2. The van der Waals surface area contributed by atoms with Gasteiger partial charge in [-0.15, -0.1) is 0 Å². The molecular weight excluding hydrogens is 430 g/mol. The molecule has 2 aromatic heterocycles. The van der Waals surface area contributed by atoms with E-state index in [1.54, 1.807) is 20.5 Å². The highest BCUT2D eigenvalue weighted by atomic mass is 16.6. The first-order valence-corrected chi connectivity index (χ1v) is 11.6. The molecule has 1 aliphatic heterocycles. The number of aromatic nitrogens is 4. The van der Waals surface area contributed by atoms with Crippen LogP contribution in [-0.2, 0) is 11.8 Å². The second kappa shape index (κ2) is 8.27. The van der Waals surface area contributed by atoms with Crippen molar-refractivity contribution in [3.63, 3.8) is 0 Å². The predicted octanol–water partition coefficient (Wildman–Crippen LogP) is 4.39. The zero-order valence-corrected chi connectivity index (χ0v) is 20.0. The fraction of sp³-hybridized carbons (Fsp3) is 0.385. The standard InChI is InChI=1S/C26H29N5O3/c1-26(2,3)34-25(33)30-11-9-17(10-12-30)18-5-7-21-23(14-18)27-16-31(24(21)32)20-6-8-22-19(13-20)15-29(4)28-22/h5-8,13-17H,9-12H2,1-4H3. The number of piperidine rings is 1. The molecule has 0 spiro atoms. The summed E-state index contributed by atoms with van der Waals surface area (Å²) < 4.78 is 8.83. The largest absolute Gasteiger partial charge is 0.444 e. The first-order valence-electron chi connectivity index (χ1n) is 11.6. The molecule has 5 rings (SSSR count). The van der Waals surface area contributed by atoms with Crippen molar-refractivity contribution in [1.82, 2.24) is 24.2 Å². The van der Waals surface area contributed by atoms with Crippen molar-refractivity contribution in [2.75, 3.05) is 13.1 Å². The Kier molecular flexibility index (Phi) is 5.38. The van der Waals surface area contributed by atoms with Gasteiger partial charge in [0.15, 0.2) is 0 Å². The third-order valence-corrected chi connectivity index (χ3v) is 6.28. The molecule has 3 heterocycles. The highest BCUT2D eigenvalue weighted by Crippen LogP contribution is 2.30. The summed E-state index contributed by atoms with van der Waals surface area (Å²) in [6.07, 6.45) is 4.98. The van der Waals surface area contributed by atoms with Gasteiger partial charge in [0.25, 0.3) is 5.56 Å². The first kappa shape index (κ1) is 22.1. The highest BCUT2D eigenvalue weighted by Gasteiger charge is 2.27. The van der Waals surface area contributed by atoms with E-state index in [0.717, 1.165) is 35.0 Å². The van der Waals surface area contributed by atoms with Crippen LogP contribution in [0.15, 0.2) is 53.7 Å². The number of carbonyl (C=O) groups excluding carboxylic acids is 1. The number of hydrogen-bond acceptors (Lipinski definition) is 5. The average molecular weight is 460 g/mol. The van der Waals surface area contributed by atoms with Crippen molar-refractivity contribution < 1.29 is 9.53 Å². The van der Waals surface area contributed by atoms with E-state index in [2.05, 4.69) is 10.1 Å². The van der Waals surface area contributed by atoms with Crippen molar-refractivity contribution in [2.24, 2.45) is 7.05 Å². The molecule has 0 atom stereocenters. The van der Waals surface area contributed by atoms with E-state index in [4.69, 9.17) is 4.74 Å². The van der Waals surface area contributed by atoms with Crippen molar-refractivity contribution in [3.05, 3.63) is 64.8 Å². The van der Waals surface area contributed by atoms with E-state index in [1.807, 2.05) is 70.4 Å². The van der Waals surface area contributed by atoms with Crippen molar-refractivity contribution in [1.29, 1.82) is 0 Å². The Balaban J connectivity index is 1.36. The predicted molar refractivity (Wildman–Crippen MR) is 131 cm³/mol. The molecule has 2 aromatic carbocycles. The van der Waals surface area contributed by atoms with Crippen LogP contribution in [0, 0.1) is 0 Å². The summed E-state index contributed by atoms with van der Waals surface area (Å²) in [5.41, 5.74) is 2.90. The van der Waals surface area contributed by atoms with Crippen LogP contribution in [0.1, 0.15) is 45.1 Å². The number of hydrogen-bond donors (Lipinski definition) is 0. The summed E-state index contributed by atoms with van der Waals surface area (Å²) in [7, 11) is 1.88. The maximum atomic E-state index is 13.2. The van der Waals surface area contributed by atoms with Crippen LogP contribution < -0.4 is 5.56 Å². The lowest BCUT2D eigenvalue weighted by molar-refractivity contribution is 0.0205. The molecule has 4 aromatic rings. The number of fused-ring (bicyclic) bond motifs is 2. The lowest BCUT2D eigenvalue weighted by Crippen LogP contribution is -2.41. The number of amides is 1. The second-order valence-corrected chi connectivity index (χ2v) is 9.98. The maximum Gasteiger partial charge on any atom is 0.410 e. The van der Waals surface area contributed by atoms with Crippen LogP contribution in [0.4, 0.5) is 4.79 Å². The van der Waals surface area contributed by atoms with E-state index in [1.165, 1.54) is 0 Å².